The van der Waals surface area contributed by atoms with E-state index in [9.17, 15) is 9.90 Å². The first kappa shape index (κ1) is 17.7. The van der Waals surface area contributed by atoms with E-state index in [1.54, 1.807) is 16.8 Å². The summed E-state index contributed by atoms with van der Waals surface area (Å²) in [5.41, 5.74) is 3.49. The van der Waals surface area contributed by atoms with Gasteiger partial charge in [0, 0.05) is 17.9 Å². The summed E-state index contributed by atoms with van der Waals surface area (Å²) in [5, 5.41) is 18.6. The number of carbonyl (C=O) groups is 1. The number of thiazole rings is 1. The molecular formula is C21H18N4O3S. The van der Waals surface area contributed by atoms with Crippen LogP contribution in [0.1, 0.15) is 29.2 Å². The van der Waals surface area contributed by atoms with Crippen molar-refractivity contribution in [2.75, 3.05) is 12.4 Å². The molecule has 4 aromatic rings. The Bertz CT molecular complexity index is 1230. The highest BCUT2D eigenvalue weighted by atomic mass is 32.1. The lowest BCUT2D eigenvalue weighted by Crippen LogP contribution is -2.24. The summed E-state index contributed by atoms with van der Waals surface area (Å²) in [6.07, 6.45) is 0.283. The van der Waals surface area contributed by atoms with Gasteiger partial charge in [-0.1, -0.05) is 29.5 Å². The van der Waals surface area contributed by atoms with Gasteiger partial charge in [-0.2, -0.15) is 9.78 Å². The molecule has 0 saturated heterocycles. The number of aryl methyl sites for hydroxylation is 1. The Morgan fingerprint density at radius 1 is 1.28 bits per heavy atom. The van der Waals surface area contributed by atoms with Gasteiger partial charge in [0.15, 0.2) is 11.5 Å². The van der Waals surface area contributed by atoms with E-state index in [2.05, 4.69) is 15.4 Å². The molecule has 29 heavy (non-hydrogen) atoms. The molecule has 0 spiro atoms. The van der Waals surface area contributed by atoms with E-state index >= 15 is 0 Å². The van der Waals surface area contributed by atoms with Gasteiger partial charge in [0.05, 0.1) is 23.0 Å². The first-order valence-electron chi connectivity index (χ1n) is 9.17. The van der Waals surface area contributed by atoms with E-state index in [0.717, 1.165) is 27.0 Å². The topological polar surface area (TPSA) is 89.3 Å². The number of amides is 1. The van der Waals surface area contributed by atoms with Crippen molar-refractivity contribution in [3.05, 3.63) is 59.3 Å². The molecule has 2 N–H and O–H groups in total. The summed E-state index contributed by atoms with van der Waals surface area (Å²) in [4.78, 5) is 17.2. The Morgan fingerprint density at radius 3 is 2.86 bits per heavy atom. The number of hydrogen-bond donors (Lipinski definition) is 2. The van der Waals surface area contributed by atoms with Gasteiger partial charge in [-0.05, 0) is 36.8 Å². The van der Waals surface area contributed by atoms with E-state index in [-0.39, 0.29) is 24.0 Å². The monoisotopic (exact) mass is 406 g/mol. The van der Waals surface area contributed by atoms with Crippen LogP contribution < -0.4 is 10.1 Å². The normalized spacial score (nSPS) is 15.9. The molecule has 1 aliphatic heterocycles. The molecule has 0 saturated carbocycles. The zero-order valence-electron chi connectivity index (χ0n) is 15.8. The van der Waals surface area contributed by atoms with Crippen LogP contribution in [-0.2, 0) is 4.79 Å². The van der Waals surface area contributed by atoms with E-state index in [1.165, 1.54) is 18.4 Å². The molecule has 0 aliphatic carbocycles. The van der Waals surface area contributed by atoms with E-state index in [0.29, 0.717) is 16.7 Å². The van der Waals surface area contributed by atoms with Gasteiger partial charge in [0.1, 0.15) is 5.82 Å². The average molecular weight is 406 g/mol. The fraction of sp³-hybridized carbons (Fsp3) is 0.190. The van der Waals surface area contributed by atoms with Gasteiger partial charge >= 0.3 is 0 Å². The molecule has 146 valence electrons. The zero-order chi connectivity index (χ0) is 20.1. The highest BCUT2D eigenvalue weighted by Gasteiger charge is 2.33. The molecule has 1 aliphatic rings. The Labute approximate surface area is 170 Å². The molecule has 8 heteroatoms. The summed E-state index contributed by atoms with van der Waals surface area (Å²) in [6, 6.07) is 13.1. The van der Waals surface area contributed by atoms with Crippen LogP contribution in [0.4, 0.5) is 5.82 Å². The number of methoxy groups -OCH3 is 1. The first-order chi connectivity index (χ1) is 14.0. The minimum Gasteiger partial charge on any atom is -0.504 e. The molecule has 0 radical (unpaired) electrons. The van der Waals surface area contributed by atoms with Crippen molar-refractivity contribution in [3.63, 3.8) is 0 Å². The van der Waals surface area contributed by atoms with Crippen molar-refractivity contribution >= 4 is 33.3 Å². The maximum atomic E-state index is 12.5. The van der Waals surface area contributed by atoms with Crippen LogP contribution in [0.25, 0.3) is 15.3 Å². The third kappa shape index (κ3) is 2.84. The number of nitrogens with one attached hydrogen (secondary N) is 1. The molecular weight excluding hydrogens is 388 g/mol. The SMILES string of the molecule is COc1ccc(C2CC(=O)Nc3c2c(C)nn3-c2nc3ccccc3s2)cc1O. The summed E-state index contributed by atoms with van der Waals surface area (Å²) in [7, 11) is 1.51. The van der Waals surface area contributed by atoms with Crippen molar-refractivity contribution in [1.82, 2.24) is 14.8 Å². The average Bonchev–Trinajstić information content (AvgIpc) is 3.28. The van der Waals surface area contributed by atoms with Gasteiger partial charge in [0.25, 0.3) is 0 Å². The van der Waals surface area contributed by atoms with E-state index < -0.39 is 0 Å². The molecule has 1 atom stereocenters. The standard InChI is InChI=1S/C21H18N4O3S/c1-11-19-13(12-7-8-16(28-2)15(26)9-12)10-18(27)23-20(19)25(24-11)21-22-14-5-3-4-6-17(14)29-21/h3-9,13,26H,10H2,1-2H3,(H,23,27). The number of para-hydroxylation sites is 1. The third-order valence-corrected chi connectivity index (χ3v) is 6.18. The molecule has 2 aromatic carbocycles. The molecule has 5 rings (SSSR count). The Balaban J connectivity index is 1.65. The van der Waals surface area contributed by atoms with Gasteiger partial charge in [-0.15, -0.1) is 0 Å². The zero-order valence-corrected chi connectivity index (χ0v) is 16.7. The lowest BCUT2D eigenvalue weighted by Gasteiger charge is -2.24. The number of fused-ring (bicyclic) bond motifs is 2. The van der Waals surface area contributed by atoms with Crippen LogP contribution >= 0.6 is 11.3 Å². The van der Waals surface area contributed by atoms with Crippen LogP contribution in [0.3, 0.4) is 0 Å². The fourth-order valence-corrected chi connectivity index (χ4v) is 4.77. The number of nitrogens with zero attached hydrogens (tertiary/aromatic N) is 3. The summed E-state index contributed by atoms with van der Waals surface area (Å²) in [5.74, 6) is 0.779. The lowest BCUT2D eigenvalue weighted by molar-refractivity contribution is -0.116. The first-order valence-corrected chi connectivity index (χ1v) is 9.99. The summed E-state index contributed by atoms with van der Waals surface area (Å²) < 4.78 is 7.91. The molecule has 7 nitrogen and oxygen atoms in total. The fourth-order valence-electron chi connectivity index (χ4n) is 3.84. The Kier molecular flexibility index (Phi) is 4.02. The predicted molar refractivity (Wildman–Crippen MR) is 111 cm³/mol. The number of aromatic nitrogens is 3. The Morgan fingerprint density at radius 2 is 2.10 bits per heavy atom. The Hall–Kier alpha value is -3.39. The molecule has 0 fully saturated rings. The number of phenolic OH excluding ortho intramolecular Hbond substituents is 1. The maximum absolute atomic E-state index is 12.5. The summed E-state index contributed by atoms with van der Waals surface area (Å²) in [6.45, 7) is 1.93. The smallest absolute Gasteiger partial charge is 0.226 e. The largest absolute Gasteiger partial charge is 0.504 e. The number of benzene rings is 2. The molecule has 1 amide bonds. The van der Waals surface area contributed by atoms with Crippen molar-refractivity contribution < 1.29 is 14.6 Å². The van der Waals surface area contributed by atoms with Crippen LogP contribution in [-0.4, -0.2) is 32.9 Å². The molecule has 2 aromatic heterocycles. The molecule has 3 heterocycles. The van der Waals surface area contributed by atoms with Gasteiger partial charge in [-0.3, -0.25) is 4.79 Å². The summed E-state index contributed by atoms with van der Waals surface area (Å²) >= 11 is 1.52. The number of rotatable bonds is 3. The van der Waals surface area contributed by atoms with Crippen LogP contribution in [0.2, 0.25) is 0 Å². The molecule has 0 bridgehead atoms. The number of anilines is 1. The van der Waals surface area contributed by atoms with Crippen LogP contribution in [0.15, 0.2) is 42.5 Å². The minimum absolute atomic E-state index is 0.0498. The number of hydrogen-bond acceptors (Lipinski definition) is 6. The maximum Gasteiger partial charge on any atom is 0.226 e. The van der Waals surface area contributed by atoms with Gasteiger partial charge in [-0.25, -0.2) is 4.98 Å². The van der Waals surface area contributed by atoms with Gasteiger partial charge < -0.3 is 15.2 Å². The molecule has 1 unspecified atom stereocenters. The van der Waals surface area contributed by atoms with E-state index in [1.807, 2.05) is 37.3 Å². The number of ether oxygens (including phenoxy) is 1. The van der Waals surface area contributed by atoms with E-state index in [4.69, 9.17) is 4.74 Å². The predicted octanol–water partition coefficient (Wildman–Crippen LogP) is 3.98. The van der Waals surface area contributed by atoms with Crippen molar-refractivity contribution in [3.8, 4) is 16.6 Å². The third-order valence-electron chi connectivity index (χ3n) is 5.17. The highest BCUT2D eigenvalue weighted by Crippen LogP contribution is 2.42. The van der Waals surface area contributed by atoms with Crippen molar-refractivity contribution in [2.24, 2.45) is 0 Å². The minimum atomic E-state index is -0.210. The number of carbonyl (C=O) groups excluding carboxylic acids is 1. The second-order valence-electron chi connectivity index (χ2n) is 6.96. The van der Waals surface area contributed by atoms with Crippen molar-refractivity contribution in [2.45, 2.75) is 19.3 Å². The van der Waals surface area contributed by atoms with Crippen LogP contribution in [0, 0.1) is 6.92 Å². The quantitative estimate of drug-likeness (QED) is 0.537. The highest BCUT2D eigenvalue weighted by molar-refractivity contribution is 7.20. The van der Waals surface area contributed by atoms with Crippen molar-refractivity contribution in [1.29, 1.82) is 0 Å². The van der Waals surface area contributed by atoms with Gasteiger partial charge in [0.2, 0.25) is 11.0 Å². The number of aromatic hydroxyl groups is 1. The van der Waals surface area contributed by atoms with Crippen LogP contribution in [0.5, 0.6) is 11.5 Å². The second-order valence-corrected chi connectivity index (χ2v) is 7.97. The number of phenols is 1. The second kappa shape index (κ2) is 6.59. The lowest BCUT2D eigenvalue weighted by atomic mass is 9.85.